The van der Waals surface area contributed by atoms with E-state index in [-0.39, 0.29) is 0 Å². The smallest absolute Gasteiger partial charge is 0.107 e. The molecule has 1 aliphatic rings. The first kappa shape index (κ1) is 16.3. The number of nitrogens with zero attached hydrogens (tertiary/aromatic N) is 4. The van der Waals surface area contributed by atoms with Gasteiger partial charge in [0.25, 0.3) is 0 Å². The molecule has 4 rings (SSSR count). The van der Waals surface area contributed by atoms with Gasteiger partial charge < -0.3 is 4.57 Å². The predicted octanol–water partition coefficient (Wildman–Crippen LogP) is 4.44. The molecule has 2 aromatic heterocycles. The molecule has 0 unspecified atom stereocenters. The molecule has 1 aliphatic heterocycles. The van der Waals surface area contributed by atoms with Gasteiger partial charge in [-0.15, -0.1) is 0 Å². The molecule has 0 spiro atoms. The molecular weight excluding hydrogens is 332 g/mol. The Hall–Kier alpha value is -2.17. The summed E-state index contributed by atoms with van der Waals surface area (Å²) in [5.41, 5.74) is 3.21. The zero-order valence-electron chi connectivity index (χ0n) is 14.1. The number of benzene rings is 1. The number of hydrogen-bond donors (Lipinski definition) is 0. The molecule has 0 saturated carbocycles. The summed E-state index contributed by atoms with van der Waals surface area (Å²) in [4.78, 5) is 11.4. The molecule has 4 nitrogen and oxygen atoms in total. The van der Waals surface area contributed by atoms with E-state index in [1.165, 1.54) is 18.4 Å². The Labute approximate surface area is 153 Å². The first-order valence-electron chi connectivity index (χ1n) is 8.72. The first-order valence-corrected chi connectivity index (χ1v) is 9.10. The van der Waals surface area contributed by atoms with Gasteiger partial charge in [-0.1, -0.05) is 29.8 Å². The van der Waals surface area contributed by atoms with Crippen molar-refractivity contribution in [3.63, 3.8) is 0 Å². The highest BCUT2D eigenvalue weighted by atomic mass is 35.5. The van der Waals surface area contributed by atoms with E-state index in [1.807, 2.05) is 36.7 Å². The average Bonchev–Trinajstić information content (AvgIpc) is 3.31. The van der Waals surface area contributed by atoms with Crippen LogP contribution in [-0.4, -0.2) is 32.5 Å². The topological polar surface area (TPSA) is 34.0 Å². The molecule has 1 aromatic carbocycles. The van der Waals surface area contributed by atoms with Crippen molar-refractivity contribution in [3.8, 4) is 11.4 Å². The second-order valence-corrected chi connectivity index (χ2v) is 6.89. The van der Waals surface area contributed by atoms with E-state index in [4.69, 9.17) is 11.6 Å². The summed E-state index contributed by atoms with van der Waals surface area (Å²) in [6.07, 6.45) is 8.24. The van der Waals surface area contributed by atoms with Crippen molar-refractivity contribution in [3.05, 3.63) is 71.8 Å². The quantitative estimate of drug-likeness (QED) is 0.681. The van der Waals surface area contributed by atoms with Crippen LogP contribution in [0.15, 0.2) is 61.2 Å². The Bertz CT molecular complexity index is 813. The van der Waals surface area contributed by atoms with E-state index in [0.29, 0.717) is 6.04 Å². The van der Waals surface area contributed by atoms with Crippen LogP contribution >= 0.6 is 11.6 Å². The van der Waals surface area contributed by atoms with Crippen LogP contribution in [0.1, 0.15) is 24.4 Å². The zero-order chi connectivity index (χ0) is 17.1. The van der Waals surface area contributed by atoms with Crippen molar-refractivity contribution in [2.45, 2.75) is 25.4 Å². The Balaban J connectivity index is 1.41. The molecule has 0 aliphatic carbocycles. The third-order valence-electron chi connectivity index (χ3n) is 4.82. The third-order valence-corrected chi connectivity index (χ3v) is 5.08. The fourth-order valence-electron chi connectivity index (χ4n) is 3.53. The zero-order valence-corrected chi connectivity index (χ0v) is 14.8. The molecule has 128 valence electrons. The molecule has 25 heavy (non-hydrogen) atoms. The molecule has 0 radical (unpaired) electrons. The number of pyridine rings is 1. The standard InChI is InChI=1S/C20H21ClN4/c21-17-8-6-16(7-9-17)20-5-3-11-25(20)13-12-24-14-19(23-15-24)18-4-1-2-10-22-18/h1-2,4,6-10,14-15,20H,3,5,11-13H2/t20-/m1/s1. The summed E-state index contributed by atoms with van der Waals surface area (Å²) in [7, 11) is 0. The van der Waals surface area contributed by atoms with Gasteiger partial charge in [0.15, 0.2) is 0 Å². The predicted molar refractivity (Wildman–Crippen MR) is 100 cm³/mol. The highest BCUT2D eigenvalue weighted by Gasteiger charge is 2.25. The normalized spacial score (nSPS) is 17.9. The Morgan fingerprint density at radius 2 is 1.88 bits per heavy atom. The SMILES string of the molecule is Clc1ccc([C@H]2CCCN2CCn2cnc(-c3ccccn3)c2)cc1. The number of halogens is 1. The Morgan fingerprint density at radius 1 is 1.00 bits per heavy atom. The Kier molecular flexibility index (Phi) is 4.81. The van der Waals surface area contributed by atoms with E-state index in [9.17, 15) is 0 Å². The minimum atomic E-state index is 0.496. The van der Waals surface area contributed by atoms with Crippen molar-refractivity contribution in [1.29, 1.82) is 0 Å². The summed E-state index contributed by atoms with van der Waals surface area (Å²) in [5.74, 6) is 0. The van der Waals surface area contributed by atoms with Gasteiger partial charge in [0.05, 0.1) is 12.0 Å². The second kappa shape index (κ2) is 7.38. The van der Waals surface area contributed by atoms with Crippen LogP contribution in [0.2, 0.25) is 5.02 Å². The maximum absolute atomic E-state index is 6.02. The maximum Gasteiger partial charge on any atom is 0.107 e. The molecule has 1 atom stereocenters. The van der Waals surface area contributed by atoms with Crippen LogP contribution in [0.4, 0.5) is 0 Å². The maximum atomic E-state index is 6.02. The molecule has 5 heteroatoms. The fraction of sp³-hybridized carbons (Fsp3) is 0.300. The van der Waals surface area contributed by atoms with Crippen LogP contribution < -0.4 is 0 Å². The lowest BCUT2D eigenvalue weighted by molar-refractivity contribution is 0.247. The summed E-state index contributed by atoms with van der Waals surface area (Å²) in [6.45, 7) is 3.10. The van der Waals surface area contributed by atoms with Crippen molar-refractivity contribution in [1.82, 2.24) is 19.4 Å². The van der Waals surface area contributed by atoms with Gasteiger partial charge in [0.1, 0.15) is 5.69 Å². The van der Waals surface area contributed by atoms with Gasteiger partial charge in [0, 0.05) is 36.5 Å². The molecule has 0 bridgehead atoms. The van der Waals surface area contributed by atoms with Crippen LogP contribution in [0.25, 0.3) is 11.4 Å². The first-order chi connectivity index (χ1) is 12.3. The van der Waals surface area contributed by atoms with Crippen molar-refractivity contribution < 1.29 is 0 Å². The van der Waals surface area contributed by atoms with Gasteiger partial charge in [-0.25, -0.2) is 4.98 Å². The lowest BCUT2D eigenvalue weighted by Gasteiger charge is -2.25. The van der Waals surface area contributed by atoms with Crippen LogP contribution in [0, 0.1) is 0 Å². The minimum absolute atomic E-state index is 0.496. The summed E-state index contributed by atoms with van der Waals surface area (Å²) in [6, 6.07) is 14.7. The van der Waals surface area contributed by atoms with E-state index in [0.717, 1.165) is 36.0 Å². The molecule has 3 aromatic rings. The lowest BCUT2D eigenvalue weighted by atomic mass is 10.0. The molecular formula is C20H21ClN4. The largest absolute Gasteiger partial charge is 0.335 e. The molecule has 1 saturated heterocycles. The summed E-state index contributed by atoms with van der Waals surface area (Å²) < 4.78 is 2.15. The van der Waals surface area contributed by atoms with Crippen LogP contribution in [-0.2, 0) is 6.54 Å². The van der Waals surface area contributed by atoms with E-state index in [1.54, 1.807) is 6.20 Å². The molecule has 0 N–H and O–H groups in total. The van der Waals surface area contributed by atoms with E-state index < -0.39 is 0 Å². The van der Waals surface area contributed by atoms with Crippen LogP contribution in [0.5, 0.6) is 0 Å². The number of hydrogen-bond acceptors (Lipinski definition) is 3. The molecule has 3 heterocycles. The number of rotatable bonds is 5. The third kappa shape index (κ3) is 3.75. The summed E-state index contributed by atoms with van der Waals surface area (Å²) in [5, 5.41) is 0.800. The molecule has 0 amide bonds. The fourth-order valence-corrected chi connectivity index (χ4v) is 3.66. The highest BCUT2D eigenvalue weighted by molar-refractivity contribution is 6.30. The van der Waals surface area contributed by atoms with Gasteiger partial charge in [0.2, 0.25) is 0 Å². The molecule has 1 fully saturated rings. The van der Waals surface area contributed by atoms with Gasteiger partial charge in [-0.2, -0.15) is 0 Å². The van der Waals surface area contributed by atoms with E-state index in [2.05, 4.69) is 37.8 Å². The van der Waals surface area contributed by atoms with E-state index >= 15 is 0 Å². The van der Waals surface area contributed by atoms with Gasteiger partial charge >= 0.3 is 0 Å². The second-order valence-electron chi connectivity index (χ2n) is 6.46. The highest BCUT2D eigenvalue weighted by Crippen LogP contribution is 2.32. The van der Waals surface area contributed by atoms with Crippen molar-refractivity contribution in [2.75, 3.05) is 13.1 Å². The Morgan fingerprint density at radius 3 is 2.68 bits per heavy atom. The number of aromatic nitrogens is 3. The van der Waals surface area contributed by atoms with Crippen molar-refractivity contribution >= 4 is 11.6 Å². The van der Waals surface area contributed by atoms with Crippen LogP contribution in [0.3, 0.4) is 0 Å². The summed E-state index contributed by atoms with van der Waals surface area (Å²) >= 11 is 6.02. The van der Waals surface area contributed by atoms with Crippen molar-refractivity contribution in [2.24, 2.45) is 0 Å². The minimum Gasteiger partial charge on any atom is -0.335 e. The number of likely N-dealkylation sites (tertiary alicyclic amines) is 1. The number of imidazole rings is 1. The monoisotopic (exact) mass is 352 g/mol. The van der Waals surface area contributed by atoms with Gasteiger partial charge in [-0.3, -0.25) is 9.88 Å². The van der Waals surface area contributed by atoms with Gasteiger partial charge in [-0.05, 0) is 49.2 Å². The lowest BCUT2D eigenvalue weighted by Crippen LogP contribution is -2.27. The average molecular weight is 353 g/mol.